The lowest BCUT2D eigenvalue weighted by molar-refractivity contribution is 0.0669. The molecule has 0 fully saturated rings. The van der Waals surface area contributed by atoms with Crippen molar-refractivity contribution in [2.75, 3.05) is 33.3 Å². The minimum absolute atomic E-state index is 0.00624. The molecule has 40 heavy (non-hydrogen) atoms. The molecule has 0 bridgehead atoms. The topological polar surface area (TPSA) is 91.5 Å². The van der Waals surface area contributed by atoms with Gasteiger partial charge in [-0.2, -0.15) is 5.26 Å². The Morgan fingerprint density at radius 2 is 1.85 bits per heavy atom. The smallest absolute Gasteiger partial charge is 0.254 e. The van der Waals surface area contributed by atoms with Gasteiger partial charge in [0.15, 0.2) is 0 Å². The summed E-state index contributed by atoms with van der Waals surface area (Å²) in [6, 6.07) is 7.85. The molecule has 0 radical (unpaired) electrons. The van der Waals surface area contributed by atoms with Gasteiger partial charge in [-0.05, 0) is 82.4 Å². The number of carbonyl (C=O) groups excluding carboxylic acids is 1. The van der Waals surface area contributed by atoms with Gasteiger partial charge in [0.25, 0.3) is 11.5 Å². The van der Waals surface area contributed by atoms with Crippen LogP contribution in [0.25, 0.3) is 11.1 Å². The van der Waals surface area contributed by atoms with Gasteiger partial charge in [-0.1, -0.05) is 13.0 Å². The van der Waals surface area contributed by atoms with Crippen molar-refractivity contribution in [1.29, 1.82) is 5.26 Å². The third-order valence-corrected chi connectivity index (χ3v) is 8.15. The minimum Gasteiger partial charge on any atom is -0.492 e. The summed E-state index contributed by atoms with van der Waals surface area (Å²) in [5.41, 5.74) is 7.56. The van der Waals surface area contributed by atoms with Gasteiger partial charge in [-0.15, -0.1) is 0 Å². The van der Waals surface area contributed by atoms with Crippen molar-refractivity contribution in [3.05, 3.63) is 80.0 Å². The summed E-state index contributed by atoms with van der Waals surface area (Å²) in [6.07, 6.45) is 4.92. The van der Waals surface area contributed by atoms with Gasteiger partial charge in [-0.3, -0.25) is 14.6 Å². The van der Waals surface area contributed by atoms with Crippen LogP contribution in [0.4, 0.5) is 0 Å². The summed E-state index contributed by atoms with van der Waals surface area (Å²) >= 11 is 0. The Labute approximate surface area is 236 Å². The van der Waals surface area contributed by atoms with Crippen LogP contribution in [0.3, 0.4) is 0 Å². The van der Waals surface area contributed by atoms with E-state index >= 15 is 0 Å². The lowest BCUT2D eigenvalue weighted by Crippen LogP contribution is -2.40. The van der Waals surface area contributed by atoms with E-state index < -0.39 is 0 Å². The zero-order valence-corrected chi connectivity index (χ0v) is 24.7. The quantitative estimate of drug-likeness (QED) is 0.394. The van der Waals surface area contributed by atoms with E-state index in [4.69, 9.17) is 4.74 Å². The maximum atomic E-state index is 14.1. The number of aryl methyl sites for hydroxylation is 1. The zero-order valence-electron chi connectivity index (χ0n) is 24.7. The average Bonchev–Trinajstić information content (AvgIpc) is 2.96. The average molecular weight is 542 g/mol. The predicted molar refractivity (Wildman–Crippen MR) is 157 cm³/mol. The monoisotopic (exact) mass is 541 g/mol. The molecule has 2 aromatic heterocycles. The molecule has 0 spiro atoms. The Bertz CT molecular complexity index is 1530. The van der Waals surface area contributed by atoms with Crippen molar-refractivity contribution in [3.8, 4) is 22.9 Å². The number of nitriles is 1. The third kappa shape index (κ3) is 5.52. The number of rotatable bonds is 9. The number of benzene rings is 1. The highest BCUT2D eigenvalue weighted by Crippen LogP contribution is 2.36. The Kier molecular flexibility index (Phi) is 8.75. The molecule has 1 amide bonds. The molecule has 4 rings (SSSR count). The van der Waals surface area contributed by atoms with Gasteiger partial charge >= 0.3 is 0 Å². The number of pyridine rings is 2. The molecular formula is C32H39N5O3. The number of nitrogens with zero attached hydrogens (tertiary/aromatic N) is 5. The van der Waals surface area contributed by atoms with Crippen LogP contribution in [0.2, 0.25) is 0 Å². The van der Waals surface area contributed by atoms with Gasteiger partial charge in [-0.25, -0.2) is 0 Å². The third-order valence-electron chi connectivity index (χ3n) is 8.15. The largest absolute Gasteiger partial charge is 0.492 e. The summed E-state index contributed by atoms with van der Waals surface area (Å²) in [5.74, 6) is 0.445. The van der Waals surface area contributed by atoms with Gasteiger partial charge in [0.05, 0.1) is 18.3 Å². The van der Waals surface area contributed by atoms with E-state index in [0.29, 0.717) is 42.1 Å². The van der Waals surface area contributed by atoms with Crippen LogP contribution in [0, 0.1) is 25.2 Å². The van der Waals surface area contributed by atoms with Crippen molar-refractivity contribution in [2.24, 2.45) is 7.05 Å². The Morgan fingerprint density at radius 1 is 1.12 bits per heavy atom. The van der Waals surface area contributed by atoms with Gasteiger partial charge in [0.1, 0.15) is 17.4 Å². The molecule has 1 aliphatic heterocycles. The second kappa shape index (κ2) is 12.1. The molecule has 0 unspecified atom stereocenters. The molecule has 8 heteroatoms. The summed E-state index contributed by atoms with van der Waals surface area (Å²) in [4.78, 5) is 35.3. The second-order valence-corrected chi connectivity index (χ2v) is 10.6. The Morgan fingerprint density at radius 3 is 2.52 bits per heavy atom. The Balaban J connectivity index is 1.80. The molecule has 0 saturated carbocycles. The number of fused-ring (bicyclic) bond motifs is 1. The zero-order chi connectivity index (χ0) is 29.1. The van der Waals surface area contributed by atoms with Gasteiger partial charge in [0, 0.05) is 55.3 Å². The highest BCUT2D eigenvalue weighted by molar-refractivity contribution is 5.99. The normalized spacial score (nSPS) is 13.8. The molecule has 3 aromatic rings. The predicted octanol–water partition coefficient (Wildman–Crippen LogP) is 4.59. The molecule has 0 saturated heterocycles. The van der Waals surface area contributed by atoms with Crippen LogP contribution in [0.5, 0.6) is 5.75 Å². The highest BCUT2D eigenvalue weighted by Gasteiger charge is 2.32. The van der Waals surface area contributed by atoms with Crippen molar-refractivity contribution < 1.29 is 9.53 Å². The SMILES string of the molecule is CCOc1cc([C@H](C)N2CCc3c(cc(CCN(C)CC)cc3-c3cn(C)c(=O)c(C)c3C)C2=O)ncc1C#N. The minimum atomic E-state index is -0.299. The summed E-state index contributed by atoms with van der Waals surface area (Å²) in [6.45, 7) is 12.6. The number of amides is 1. The van der Waals surface area contributed by atoms with Crippen LogP contribution in [0.15, 0.2) is 35.4 Å². The fraction of sp³-hybridized carbons (Fsp3) is 0.438. The number of hydrogen-bond donors (Lipinski definition) is 0. The first kappa shape index (κ1) is 29.0. The Hall–Kier alpha value is -3.96. The molecule has 0 N–H and O–H groups in total. The van der Waals surface area contributed by atoms with Crippen molar-refractivity contribution in [2.45, 2.75) is 53.5 Å². The van der Waals surface area contributed by atoms with Crippen molar-refractivity contribution >= 4 is 5.91 Å². The number of hydrogen-bond acceptors (Lipinski definition) is 6. The molecule has 3 heterocycles. The summed E-state index contributed by atoms with van der Waals surface area (Å²) in [5, 5.41) is 9.43. The maximum absolute atomic E-state index is 14.1. The number of aromatic nitrogens is 2. The number of carbonyl (C=O) groups is 1. The first-order valence-corrected chi connectivity index (χ1v) is 14.0. The lowest BCUT2D eigenvalue weighted by atomic mass is 9.85. The number of likely N-dealkylation sites (N-methyl/N-ethyl adjacent to an activating group) is 1. The van der Waals surface area contributed by atoms with E-state index in [2.05, 4.69) is 36.0 Å². The van der Waals surface area contributed by atoms with Gasteiger partial charge < -0.3 is 19.1 Å². The summed E-state index contributed by atoms with van der Waals surface area (Å²) in [7, 11) is 3.87. The molecule has 8 nitrogen and oxygen atoms in total. The van der Waals surface area contributed by atoms with Crippen LogP contribution < -0.4 is 10.3 Å². The van der Waals surface area contributed by atoms with E-state index in [1.165, 1.54) is 6.20 Å². The second-order valence-electron chi connectivity index (χ2n) is 10.6. The van der Waals surface area contributed by atoms with Crippen LogP contribution in [-0.4, -0.2) is 58.5 Å². The highest BCUT2D eigenvalue weighted by atomic mass is 16.5. The van der Waals surface area contributed by atoms with E-state index in [-0.39, 0.29) is 17.5 Å². The van der Waals surface area contributed by atoms with E-state index in [9.17, 15) is 14.9 Å². The van der Waals surface area contributed by atoms with E-state index in [0.717, 1.165) is 52.9 Å². The number of ether oxygens (including phenoxy) is 1. The fourth-order valence-electron chi connectivity index (χ4n) is 5.36. The van der Waals surface area contributed by atoms with Crippen LogP contribution in [-0.2, 0) is 19.9 Å². The summed E-state index contributed by atoms with van der Waals surface area (Å²) < 4.78 is 7.30. The molecule has 1 atom stereocenters. The lowest BCUT2D eigenvalue weighted by Gasteiger charge is -2.35. The van der Waals surface area contributed by atoms with Crippen molar-refractivity contribution in [1.82, 2.24) is 19.4 Å². The van der Waals surface area contributed by atoms with Crippen LogP contribution >= 0.6 is 0 Å². The van der Waals surface area contributed by atoms with Crippen LogP contribution in [0.1, 0.15) is 70.7 Å². The fourth-order valence-corrected chi connectivity index (χ4v) is 5.36. The molecule has 0 aliphatic carbocycles. The molecular weight excluding hydrogens is 502 g/mol. The van der Waals surface area contributed by atoms with Crippen molar-refractivity contribution in [3.63, 3.8) is 0 Å². The standard InChI is InChI=1S/C32H39N5O3/c1-8-35(6)12-10-23-14-26(28-19-36(7)31(38)21(4)20(28)3)25-11-13-37(32(39)27(25)15-23)22(5)29-16-30(40-9-2)24(17-33)18-34-29/h14-16,18-19,22H,8-13H2,1-7H3/t22-/m0/s1. The maximum Gasteiger partial charge on any atom is 0.254 e. The van der Waals surface area contributed by atoms with Gasteiger partial charge in [0.2, 0.25) is 0 Å². The van der Waals surface area contributed by atoms with E-state index in [1.807, 2.05) is 44.9 Å². The first-order chi connectivity index (χ1) is 19.1. The molecule has 210 valence electrons. The van der Waals surface area contributed by atoms with E-state index in [1.54, 1.807) is 17.7 Å². The molecule has 1 aromatic carbocycles. The first-order valence-electron chi connectivity index (χ1n) is 14.0. The molecule has 1 aliphatic rings.